The van der Waals surface area contributed by atoms with Crippen molar-refractivity contribution in [1.29, 1.82) is 0 Å². The molecule has 4 heteroatoms. The minimum absolute atomic E-state index is 0.294. The molecule has 4 nitrogen and oxygen atoms in total. The summed E-state index contributed by atoms with van der Waals surface area (Å²) in [4.78, 5) is 14.1. The normalized spacial score (nSPS) is 16.0. The van der Waals surface area contributed by atoms with Gasteiger partial charge in [0.15, 0.2) is 0 Å². The number of esters is 1. The molecule has 0 spiro atoms. The summed E-state index contributed by atoms with van der Waals surface area (Å²) in [5.74, 6) is -0.300. The molecule has 108 valence electrons. The molecule has 0 atom stereocenters. The van der Waals surface area contributed by atoms with E-state index < -0.39 is 0 Å². The quantitative estimate of drug-likeness (QED) is 0.675. The molecule has 1 aliphatic heterocycles. The summed E-state index contributed by atoms with van der Waals surface area (Å²) in [5, 5.41) is 0. The highest BCUT2D eigenvalue weighted by Crippen LogP contribution is 2.23. The number of methoxy groups -OCH3 is 1. The SMILES string of the molecule is C=CCc1cc(C(=O)OC)cc(N2CCC(N)CC2)c1. The topological polar surface area (TPSA) is 55.6 Å². The maximum absolute atomic E-state index is 11.8. The molecule has 1 aromatic carbocycles. The van der Waals surface area contributed by atoms with E-state index in [0.717, 1.165) is 43.6 Å². The smallest absolute Gasteiger partial charge is 0.337 e. The molecule has 1 fully saturated rings. The monoisotopic (exact) mass is 274 g/mol. The predicted octanol–water partition coefficient (Wildman–Crippen LogP) is 2.13. The Labute approximate surface area is 120 Å². The van der Waals surface area contributed by atoms with Crippen molar-refractivity contribution in [2.75, 3.05) is 25.1 Å². The average molecular weight is 274 g/mol. The van der Waals surface area contributed by atoms with Crippen molar-refractivity contribution in [1.82, 2.24) is 0 Å². The number of piperidine rings is 1. The Hall–Kier alpha value is -1.81. The minimum Gasteiger partial charge on any atom is -0.465 e. The molecule has 0 amide bonds. The van der Waals surface area contributed by atoms with Gasteiger partial charge in [0.05, 0.1) is 12.7 Å². The molecule has 0 unspecified atom stereocenters. The Bertz CT molecular complexity index is 491. The molecule has 0 bridgehead atoms. The zero-order chi connectivity index (χ0) is 14.5. The highest BCUT2D eigenvalue weighted by molar-refractivity contribution is 5.90. The lowest BCUT2D eigenvalue weighted by Gasteiger charge is -2.32. The highest BCUT2D eigenvalue weighted by atomic mass is 16.5. The lowest BCUT2D eigenvalue weighted by molar-refractivity contribution is 0.0600. The van der Waals surface area contributed by atoms with Crippen LogP contribution in [0.5, 0.6) is 0 Å². The number of ether oxygens (including phenoxy) is 1. The molecule has 0 aromatic heterocycles. The van der Waals surface area contributed by atoms with Gasteiger partial charge in [-0.15, -0.1) is 6.58 Å². The van der Waals surface area contributed by atoms with E-state index in [9.17, 15) is 4.79 Å². The molecule has 1 saturated heterocycles. The van der Waals surface area contributed by atoms with Crippen LogP contribution in [0.25, 0.3) is 0 Å². The van der Waals surface area contributed by atoms with Crippen LogP contribution < -0.4 is 10.6 Å². The van der Waals surface area contributed by atoms with Gasteiger partial charge in [-0.2, -0.15) is 0 Å². The number of allylic oxidation sites excluding steroid dienone is 1. The second-order valence-corrected chi connectivity index (χ2v) is 5.20. The molecule has 0 radical (unpaired) electrons. The summed E-state index contributed by atoms with van der Waals surface area (Å²) < 4.78 is 4.83. The fourth-order valence-corrected chi connectivity index (χ4v) is 2.53. The van der Waals surface area contributed by atoms with E-state index in [2.05, 4.69) is 17.5 Å². The van der Waals surface area contributed by atoms with Crippen LogP contribution in [0.2, 0.25) is 0 Å². The third-order valence-electron chi connectivity index (χ3n) is 3.68. The van der Waals surface area contributed by atoms with Gasteiger partial charge in [-0.05, 0) is 43.0 Å². The Balaban J connectivity index is 2.28. The number of nitrogens with zero attached hydrogens (tertiary/aromatic N) is 1. The predicted molar refractivity (Wildman–Crippen MR) is 81.1 cm³/mol. The molecule has 20 heavy (non-hydrogen) atoms. The van der Waals surface area contributed by atoms with Crippen LogP contribution in [-0.4, -0.2) is 32.2 Å². The number of carbonyl (C=O) groups is 1. The van der Waals surface area contributed by atoms with Gasteiger partial charge in [0.25, 0.3) is 0 Å². The van der Waals surface area contributed by atoms with Gasteiger partial charge in [0, 0.05) is 24.8 Å². The number of benzene rings is 1. The maximum atomic E-state index is 11.8. The van der Waals surface area contributed by atoms with Crippen molar-refractivity contribution in [2.45, 2.75) is 25.3 Å². The van der Waals surface area contributed by atoms with E-state index in [0.29, 0.717) is 11.6 Å². The third-order valence-corrected chi connectivity index (χ3v) is 3.68. The van der Waals surface area contributed by atoms with E-state index in [1.807, 2.05) is 18.2 Å². The van der Waals surface area contributed by atoms with Crippen molar-refractivity contribution in [3.05, 3.63) is 42.0 Å². The summed E-state index contributed by atoms with van der Waals surface area (Å²) in [6, 6.07) is 6.18. The van der Waals surface area contributed by atoms with Crippen molar-refractivity contribution < 1.29 is 9.53 Å². The lowest BCUT2D eigenvalue weighted by atomic mass is 10.0. The second kappa shape index (κ2) is 6.57. The van der Waals surface area contributed by atoms with Crippen LogP contribution in [0.15, 0.2) is 30.9 Å². The first kappa shape index (κ1) is 14.6. The highest BCUT2D eigenvalue weighted by Gasteiger charge is 2.18. The fraction of sp³-hybridized carbons (Fsp3) is 0.438. The number of hydrogen-bond acceptors (Lipinski definition) is 4. The number of rotatable bonds is 4. The van der Waals surface area contributed by atoms with Gasteiger partial charge in [0.2, 0.25) is 0 Å². The van der Waals surface area contributed by atoms with Gasteiger partial charge in [-0.25, -0.2) is 4.79 Å². The van der Waals surface area contributed by atoms with Gasteiger partial charge in [-0.3, -0.25) is 0 Å². The Morgan fingerprint density at radius 3 is 2.75 bits per heavy atom. The summed E-state index contributed by atoms with van der Waals surface area (Å²) in [6.45, 7) is 5.62. The summed E-state index contributed by atoms with van der Waals surface area (Å²) >= 11 is 0. The summed E-state index contributed by atoms with van der Waals surface area (Å²) in [5.41, 5.74) is 8.68. The number of anilines is 1. The first-order valence-electron chi connectivity index (χ1n) is 6.97. The van der Waals surface area contributed by atoms with Crippen molar-refractivity contribution in [2.24, 2.45) is 5.73 Å². The number of carbonyl (C=O) groups excluding carboxylic acids is 1. The Kier molecular flexibility index (Phi) is 4.79. The molecule has 2 N–H and O–H groups in total. The number of nitrogens with two attached hydrogens (primary N) is 1. The second-order valence-electron chi connectivity index (χ2n) is 5.20. The zero-order valence-electron chi connectivity index (χ0n) is 12.0. The van der Waals surface area contributed by atoms with Crippen LogP contribution in [0.3, 0.4) is 0 Å². The maximum Gasteiger partial charge on any atom is 0.337 e. The van der Waals surface area contributed by atoms with Gasteiger partial charge >= 0.3 is 5.97 Å². The zero-order valence-corrected chi connectivity index (χ0v) is 12.0. The average Bonchev–Trinajstić information content (AvgIpc) is 2.47. The first-order chi connectivity index (χ1) is 9.63. The minimum atomic E-state index is -0.300. The molecule has 1 aromatic rings. The first-order valence-corrected chi connectivity index (χ1v) is 6.97. The molecule has 1 aliphatic rings. The van der Waals surface area contributed by atoms with Crippen LogP contribution in [0.4, 0.5) is 5.69 Å². The fourth-order valence-electron chi connectivity index (χ4n) is 2.53. The van der Waals surface area contributed by atoms with Crippen molar-refractivity contribution >= 4 is 11.7 Å². The summed E-state index contributed by atoms with van der Waals surface area (Å²) in [6.07, 6.45) is 4.55. The largest absolute Gasteiger partial charge is 0.465 e. The Morgan fingerprint density at radius 1 is 1.45 bits per heavy atom. The van der Waals surface area contributed by atoms with Crippen LogP contribution in [-0.2, 0) is 11.2 Å². The van der Waals surface area contributed by atoms with Gasteiger partial charge in [0.1, 0.15) is 0 Å². The molecular formula is C16H22N2O2. The molecule has 0 aliphatic carbocycles. The van der Waals surface area contributed by atoms with E-state index in [4.69, 9.17) is 10.5 Å². The molecule has 2 rings (SSSR count). The number of hydrogen-bond donors (Lipinski definition) is 1. The van der Waals surface area contributed by atoms with Crippen molar-refractivity contribution in [3.8, 4) is 0 Å². The van der Waals surface area contributed by atoms with Crippen LogP contribution in [0.1, 0.15) is 28.8 Å². The third kappa shape index (κ3) is 3.39. The van der Waals surface area contributed by atoms with E-state index >= 15 is 0 Å². The Morgan fingerprint density at radius 2 is 2.15 bits per heavy atom. The molecule has 1 heterocycles. The van der Waals surface area contributed by atoms with Crippen LogP contribution >= 0.6 is 0 Å². The van der Waals surface area contributed by atoms with Gasteiger partial charge < -0.3 is 15.4 Å². The van der Waals surface area contributed by atoms with E-state index in [1.54, 1.807) is 0 Å². The summed E-state index contributed by atoms with van der Waals surface area (Å²) in [7, 11) is 1.40. The van der Waals surface area contributed by atoms with E-state index in [-0.39, 0.29) is 5.97 Å². The van der Waals surface area contributed by atoms with Crippen LogP contribution in [0, 0.1) is 0 Å². The molecular weight excluding hydrogens is 252 g/mol. The van der Waals surface area contributed by atoms with E-state index in [1.165, 1.54) is 7.11 Å². The molecule has 0 saturated carbocycles. The van der Waals surface area contributed by atoms with Gasteiger partial charge in [-0.1, -0.05) is 6.08 Å². The standard InChI is InChI=1S/C16H22N2O2/c1-3-4-12-9-13(16(19)20-2)11-15(10-12)18-7-5-14(17)6-8-18/h3,9-11,14H,1,4-8,17H2,2H3. The lowest BCUT2D eigenvalue weighted by Crippen LogP contribution is -2.39. The van der Waals surface area contributed by atoms with Crippen molar-refractivity contribution in [3.63, 3.8) is 0 Å².